The van der Waals surface area contributed by atoms with E-state index in [1.54, 1.807) is 35.1 Å². The van der Waals surface area contributed by atoms with Gasteiger partial charge in [-0.1, -0.05) is 12.1 Å². The summed E-state index contributed by atoms with van der Waals surface area (Å²) in [5, 5.41) is 0. The number of halogens is 1. The van der Waals surface area contributed by atoms with E-state index < -0.39 is 8.25 Å². The van der Waals surface area contributed by atoms with Crippen molar-refractivity contribution in [3.05, 3.63) is 23.8 Å². The average molecular weight is 337 g/mol. The van der Waals surface area contributed by atoms with E-state index in [1.807, 2.05) is 0 Å². The zero-order chi connectivity index (χ0) is 11.3. The maximum absolute atomic E-state index is 10.5. The second-order valence-electron chi connectivity index (χ2n) is 2.53. The lowest BCUT2D eigenvalue weighted by Crippen LogP contribution is -1.90. The van der Waals surface area contributed by atoms with E-state index in [0.29, 0.717) is 12.2 Å². The molecule has 0 aliphatic rings. The minimum absolute atomic E-state index is 0.209. The van der Waals surface area contributed by atoms with Crippen LogP contribution in [0.2, 0.25) is 0 Å². The number of terminal acetylenes is 1. The minimum atomic E-state index is -2.71. The Morgan fingerprint density at radius 1 is 1.60 bits per heavy atom. The molecule has 6 heteroatoms. The molecule has 0 saturated heterocycles. The average Bonchev–Trinajstić information content (AvgIpc) is 2.18. The highest BCUT2D eigenvalue weighted by atomic mass is 127. The first-order chi connectivity index (χ1) is 7.19. The third-order valence-corrected chi connectivity index (χ3v) is 2.40. The number of benzene rings is 1. The maximum atomic E-state index is 10.5. The summed E-state index contributed by atoms with van der Waals surface area (Å²) in [5.74, 6) is 3.06. The molecule has 0 aliphatic carbocycles. The van der Waals surface area contributed by atoms with Crippen LogP contribution in [-0.2, 0) is 11.0 Å². The van der Waals surface area contributed by atoms with Crippen LogP contribution in [-0.4, -0.2) is 4.89 Å². The highest BCUT2D eigenvalue weighted by molar-refractivity contribution is 14.1. The molecule has 0 saturated carbocycles. The van der Waals surface area contributed by atoms with Crippen LogP contribution in [0.5, 0.6) is 11.5 Å². The molecule has 78 valence electrons. The van der Waals surface area contributed by atoms with Crippen LogP contribution in [0, 0.1) is 12.3 Å². The van der Waals surface area contributed by atoms with Crippen molar-refractivity contribution in [1.82, 2.24) is 0 Å². The Labute approximate surface area is 102 Å². The Balaban J connectivity index is 3.10. The van der Waals surface area contributed by atoms with E-state index in [1.165, 1.54) is 6.07 Å². The summed E-state index contributed by atoms with van der Waals surface area (Å²) >= 11 is 1.67. The summed E-state index contributed by atoms with van der Waals surface area (Å²) < 4.78 is 20.3. The number of rotatable bonds is 4. The first-order valence-corrected chi connectivity index (χ1v) is 5.88. The largest absolute Gasteiger partial charge is 0.747 e. The van der Waals surface area contributed by atoms with Crippen molar-refractivity contribution in [2.75, 3.05) is 0 Å². The van der Waals surface area contributed by atoms with Crippen LogP contribution in [0.4, 0.5) is 0 Å². The van der Waals surface area contributed by atoms with Crippen molar-refractivity contribution >= 4 is 31.3 Å². The van der Waals surface area contributed by atoms with Crippen LogP contribution >= 0.6 is 31.3 Å². The molecule has 1 aromatic carbocycles. The van der Waals surface area contributed by atoms with Gasteiger partial charge in [0, 0.05) is 16.5 Å². The molecule has 1 aromatic rings. The predicted molar refractivity (Wildman–Crippen MR) is 64.1 cm³/mol. The maximum Gasteiger partial charge on any atom is 0.747 e. The van der Waals surface area contributed by atoms with Gasteiger partial charge in [-0.05, 0) is 6.07 Å². The molecule has 0 aliphatic heterocycles. The van der Waals surface area contributed by atoms with Crippen molar-refractivity contribution in [3.8, 4) is 23.8 Å². The van der Waals surface area contributed by atoms with Crippen molar-refractivity contribution < 1.29 is 17.0 Å². The molecule has 0 heterocycles. The Kier molecular flexibility index (Phi) is 4.82. The molecule has 0 aromatic heterocycles. The van der Waals surface area contributed by atoms with E-state index >= 15 is 0 Å². The number of hydrogen-bond donors (Lipinski definition) is 1. The van der Waals surface area contributed by atoms with E-state index in [0.717, 1.165) is 5.56 Å². The minimum Gasteiger partial charge on any atom is -0.423 e. The standard InChI is InChI=1S/C9H6IO4P/c1-2-4-7-5-3-6-8(9(7)13-10)14-15(11)12/h1,3,5-6H,4H2/p+1. The summed E-state index contributed by atoms with van der Waals surface area (Å²) in [4.78, 5) is 8.64. The zero-order valence-electron chi connectivity index (χ0n) is 7.51. The lowest BCUT2D eigenvalue weighted by Gasteiger charge is -2.05. The summed E-state index contributed by atoms with van der Waals surface area (Å²) in [5.41, 5.74) is 0.737. The van der Waals surface area contributed by atoms with Crippen molar-refractivity contribution in [2.45, 2.75) is 6.42 Å². The van der Waals surface area contributed by atoms with Gasteiger partial charge in [0.1, 0.15) is 0 Å². The molecular weight excluding hydrogens is 330 g/mol. The second kappa shape index (κ2) is 5.91. The molecule has 1 rings (SSSR count). The van der Waals surface area contributed by atoms with Crippen LogP contribution in [0.25, 0.3) is 0 Å². The number of hydrogen-bond acceptors (Lipinski definition) is 3. The van der Waals surface area contributed by atoms with E-state index in [2.05, 4.69) is 10.4 Å². The third kappa shape index (κ3) is 3.34. The monoisotopic (exact) mass is 337 g/mol. The van der Waals surface area contributed by atoms with Gasteiger partial charge in [0.2, 0.25) is 5.75 Å². The summed E-state index contributed by atoms with van der Waals surface area (Å²) in [7, 11) is -2.71. The third-order valence-electron chi connectivity index (χ3n) is 1.61. The molecule has 0 bridgehead atoms. The molecule has 0 spiro atoms. The van der Waals surface area contributed by atoms with Gasteiger partial charge >= 0.3 is 8.25 Å². The molecule has 1 atom stereocenters. The van der Waals surface area contributed by atoms with Crippen molar-refractivity contribution in [1.29, 1.82) is 0 Å². The molecule has 0 radical (unpaired) electrons. The van der Waals surface area contributed by atoms with Gasteiger partial charge in [0.15, 0.2) is 28.8 Å². The molecule has 15 heavy (non-hydrogen) atoms. The Morgan fingerprint density at radius 2 is 2.33 bits per heavy atom. The SMILES string of the molecule is C#CCc1cccc(O[P+](=O)O)c1OI. The number of para-hydroxylation sites is 1. The van der Waals surface area contributed by atoms with Gasteiger partial charge in [0.05, 0.1) is 0 Å². The highest BCUT2D eigenvalue weighted by Gasteiger charge is 2.20. The zero-order valence-corrected chi connectivity index (χ0v) is 10.6. The van der Waals surface area contributed by atoms with Crippen LogP contribution in [0.15, 0.2) is 18.2 Å². The molecular formula is C9H7IO4P+. The molecule has 0 amide bonds. The fourth-order valence-corrected chi connectivity index (χ4v) is 1.87. The van der Waals surface area contributed by atoms with E-state index in [-0.39, 0.29) is 5.75 Å². The Morgan fingerprint density at radius 3 is 2.87 bits per heavy atom. The fourth-order valence-electron chi connectivity index (χ4n) is 1.05. The lowest BCUT2D eigenvalue weighted by atomic mass is 10.1. The van der Waals surface area contributed by atoms with Crippen LogP contribution in [0.3, 0.4) is 0 Å². The summed E-state index contributed by atoms with van der Waals surface area (Å²) in [6.07, 6.45) is 5.55. The smallest absolute Gasteiger partial charge is 0.423 e. The highest BCUT2D eigenvalue weighted by Crippen LogP contribution is 2.37. The van der Waals surface area contributed by atoms with Gasteiger partial charge < -0.3 is 3.07 Å². The van der Waals surface area contributed by atoms with Gasteiger partial charge in [-0.3, -0.25) is 0 Å². The first-order valence-electron chi connectivity index (χ1n) is 3.87. The molecule has 4 nitrogen and oxygen atoms in total. The Bertz CT molecular complexity index is 413. The predicted octanol–water partition coefficient (Wildman–Crippen LogP) is 2.62. The molecule has 0 fully saturated rings. The van der Waals surface area contributed by atoms with Crippen molar-refractivity contribution in [3.63, 3.8) is 0 Å². The summed E-state index contributed by atoms with van der Waals surface area (Å²) in [6.45, 7) is 0. The topological polar surface area (TPSA) is 55.8 Å². The molecule has 1 unspecified atom stereocenters. The van der Waals surface area contributed by atoms with E-state index in [4.69, 9.17) is 14.4 Å². The first kappa shape index (κ1) is 12.2. The Hall–Kier alpha value is -0.830. The normalized spacial score (nSPS) is 10.3. The van der Waals surface area contributed by atoms with Crippen LogP contribution in [0.1, 0.15) is 5.56 Å². The molecule has 1 N–H and O–H groups in total. The fraction of sp³-hybridized carbons (Fsp3) is 0.111. The lowest BCUT2D eigenvalue weighted by molar-refractivity contribution is 0.405. The van der Waals surface area contributed by atoms with E-state index in [9.17, 15) is 4.57 Å². The van der Waals surface area contributed by atoms with Gasteiger partial charge in [-0.15, -0.1) is 17.2 Å². The second-order valence-corrected chi connectivity index (χ2v) is 3.63. The van der Waals surface area contributed by atoms with Crippen molar-refractivity contribution in [2.24, 2.45) is 0 Å². The quantitative estimate of drug-likeness (QED) is 0.521. The van der Waals surface area contributed by atoms with Gasteiger partial charge in [-0.25, -0.2) is 4.52 Å². The van der Waals surface area contributed by atoms with Gasteiger partial charge in [0.25, 0.3) is 0 Å². The summed E-state index contributed by atoms with van der Waals surface area (Å²) in [6, 6.07) is 4.99. The van der Waals surface area contributed by atoms with Gasteiger partial charge in [-0.2, -0.15) is 0 Å². The van der Waals surface area contributed by atoms with Crippen LogP contribution < -0.4 is 7.59 Å².